The number of hydrogen-bond acceptors (Lipinski definition) is 5. The number of nitrogens with zero attached hydrogens (tertiary/aromatic N) is 2. The Bertz CT molecular complexity index is 1120. The summed E-state index contributed by atoms with van der Waals surface area (Å²) in [6.45, 7) is 4.80. The van der Waals surface area contributed by atoms with E-state index in [-0.39, 0.29) is 18.2 Å². The molecule has 0 saturated heterocycles. The molecule has 1 atom stereocenters. The maximum atomic E-state index is 12.7. The number of carbonyl (C=O) groups excluding carboxylic acids is 2. The Morgan fingerprint density at radius 2 is 1.88 bits per heavy atom. The van der Waals surface area contributed by atoms with Crippen LogP contribution in [-0.2, 0) is 20.9 Å². The van der Waals surface area contributed by atoms with Crippen molar-refractivity contribution < 1.29 is 19.1 Å². The van der Waals surface area contributed by atoms with Crippen molar-refractivity contribution in [3.63, 3.8) is 0 Å². The largest absolute Gasteiger partial charge is 0.494 e. The molecule has 2 N–H and O–H groups in total. The van der Waals surface area contributed by atoms with Crippen LogP contribution >= 0.6 is 0 Å². The van der Waals surface area contributed by atoms with Crippen LogP contribution in [0.15, 0.2) is 48.5 Å². The minimum Gasteiger partial charge on any atom is -0.494 e. The van der Waals surface area contributed by atoms with Gasteiger partial charge in [0, 0.05) is 18.4 Å². The number of amides is 2. The highest BCUT2D eigenvalue weighted by molar-refractivity contribution is 6.04. The normalized spacial score (nSPS) is 14.7. The van der Waals surface area contributed by atoms with E-state index in [0.717, 1.165) is 22.4 Å². The highest BCUT2D eigenvalue weighted by Gasteiger charge is 2.37. The Morgan fingerprint density at radius 1 is 1.16 bits per heavy atom. The Hall–Kier alpha value is -3.65. The van der Waals surface area contributed by atoms with Crippen LogP contribution in [0.3, 0.4) is 0 Å². The lowest BCUT2D eigenvalue weighted by atomic mass is 10.0. The van der Waals surface area contributed by atoms with E-state index in [1.54, 1.807) is 36.1 Å². The Labute approximate surface area is 186 Å². The highest BCUT2D eigenvalue weighted by atomic mass is 16.5. The lowest BCUT2D eigenvalue weighted by Crippen LogP contribution is -2.24. The molecule has 0 radical (unpaired) electrons. The highest BCUT2D eigenvalue weighted by Crippen LogP contribution is 2.39. The first kappa shape index (κ1) is 21.6. The van der Waals surface area contributed by atoms with E-state index >= 15 is 0 Å². The van der Waals surface area contributed by atoms with E-state index in [9.17, 15) is 9.59 Å². The second kappa shape index (κ2) is 9.23. The van der Waals surface area contributed by atoms with Crippen molar-refractivity contribution in [2.24, 2.45) is 0 Å². The topological polar surface area (TPSA) is 94.5 Å². The first-order valence-electron chi connectivity index (χ1n) is 10.5. The summed E-state index contributed by atoms with van der Waals surface area (Å²) < 4.78 is 12.3. The molecule has 2 aromatic carbocycles. The number of aromatic nitrogens is 2. The molecule has 0 spiro atoms. The molecule has 8 heteroatoms. The summed E-state index contributed by atoms with van der Waals surface area (Å²) >= 11 is 0. The van der Waals surface area contributed by atoms with Crippen LogP contribution in [0, 0.1) is 6.92 Å². The van der Waals surface area contributed by atoms with Crippen molar-refractivity contribution in [3.05, 3.63) is 59.8 Å². The Kier molecular flexibility index (Phi) is 6.23. The maximum Gasteiger partial charge on any atom is 0.251 e. The van der Waals surface area contributed by atoms with Gasteiger partial charge in [-0.15, -0.1) is 0 Å². The second-order valence-corrected chi connectivity index (χ2v) is 7.63. The molecule has 0 aliphatic carbocycles. The molecule has 1 unspecified atom stereocenters. The number of aryl methyl sites for hydroxylation is 1. The molecule has 2 heterocycles. The fourth-order valence-electron chi connectivity index (χ4n) is 3.77. The second-order valence-electron chi connectivity index (χ2n) is 7.63. The molecule has 0 saturated carbocycles. The van der Waals surface area contributed by atoms with E-state index in [2.05, 4.69) is 15.7 Å². The number of ether oxygens (including phenoxy) is 2. The summed E-state index contributed by atoms with van der Waals surface area (Å²) in [6, 6.07) is 14.4. The van der Waals surface area contributed by atoms with E-state index < -0.39 is 6.04 Å². The smallest absolute Gasteiger partial charge is 0.251 e. The molecule has 1 aliphatic heterocycles. The molecule has 0 bridgehead atoms. The predicted octanol–water partition coefficient (Wildman–Crippen LogP) is 3.93. The number of anilines is 2. The molecule has 0 fully saturated rings. The first-order chi connectivity index (χ1) is 15.5. The van der Waals surface area contributed by atoms with Crippen molar-refractivity contribution in [2.45, 2.75) is 32.9 Å². The van der Waals surface area contributed by atoms with E-state index in [1.807, 2.05) is 38.1 Å². The summed E-state index contributed by atoms with van der Waals surface area (Å²) in [6.07, 6.45) is -0.0342. The monoisotopic (exact) mass is 434 g/mol. The zero-order valence-electron chi connectivity index (χ0n) is 18.3. The molecular formula is C24H26N4O4. The van der Waals surface area contributed by atoms with Gasteiger partial charge in [-0.1, -0.05) is 29.8 Å². The fraction of sp³-hybridized carbons (Fsp3) is 0.292. The number of methoxy groups -OCH3 is 1. The van der Waals surface area contributed by atoms with Gasteiger partial charge in [0.15, 0.2) is 0 Å². The van der Waals surface area contributed by atoms with Gasteiger partial charge in [0.25, 0.3) is 5.91 Å². The summed E-state index contributed by atoms with van der Waals surface area (Å²) in [5.74, 6) is 0.787. The predicted molar refractivity (Wildman–Crippen MR) is 122 cm³/mol. The standard InChI is InChI=1S/C24H26N4O4/c1-4-32-18-11-9-17(10-12-18)25-21(29)13-20-24(30)26-23-22(16-7-5-15(2)6-8-16)19(14-31-3)27-28(20)23/h5-12,20H,4,13-14H2,1-3H3,(H,25,29)(H,26,30). The molecule has 1 aliphatic rings. The molecule has 8 nitrogen and oxygen atoms in total. The zero-order chi connectivity index (χ0) is 22.7. The van der Waals surface area contributed by atoms with Gasteiger partial charge in [0.05, 0.1) is 25.3 Å². The first-order valence-corrected chi connectivity index (χ1v) is 10.5. The summed E-state index contributed by atoms with van der Waals surface area (Å²) in [5.41, 5.74) is 4.23. The van der Waals surface area contributed by atoms with Crippen LogP contribution in [0.1, 0.15) is 30.6 Å². The number of rotatable bonds is 8. The van der Waals surface area contributed by atoms with Crippen LogP contribution < -0.4 is 15.4 Å². The number of benzene rings is 2. The molecular weight excluding hydrogens is 408 g/mol. The Balaban J connectivity index is 1.56. The molecule has 4 rings (SSSR count). The van der Waals surface area contributed by atoms with Crippen LogP contribution in [0.25, 0.3) is 11.1 Å². The SMILES string of the molecule is CCOc1ccc(NC(=O)CC2C(=O)Nc3c(-c4ccc(C)cc4)c(COC)nn32)cc1. The third kappa shape index (κ3) is 4.36. The summed E-state index contributed by atoms with van der Waals surface area (Å²) in [4.78, 5) is 25.4. The molecule has 2 amide bonds. The molecule has 3 aromatic rings. The van der Waals surface area contributed by atoms with Crippen molar-refractivity contribution in [1.29, 1.82) is 0 Å². The lowest BCUT2D eigenvalue weighted by molar-refractivity contribution is -0.123. The molecule has 1 aromatic heterocycles. The summed E-state index contributed by atoms with van der Waals surface area (Å²) in [7, 11) is 1.60. The molecule has 166 valence electrons. The number of carbonyl (C=O) groups is 2. The third-order valence-electron chi connectivity index (χ3n) is 5.27. The average molecular weight is 434 g/mol. The minimum atomic E-state index is -0.734. The van der Waals surface area contributed by atoms with Gasteiger partial charge in [-0.2, -0.15) is 5.10 Å². The van der Waals surface area contributed by atoms with Gasteiger partial charge in [0.2, 0.25) is 5.91 Å². The van der Waals surface area contributed by atoms with Crippen molar-refractivity contribution >= 4 is 23.3 Å². The van der Waals surface area contributed by atoms with Gasteiger partial charge in [0.1, 0.15) is 17.6 Å². The fourth-order valence-corrected chi connectivity index (χ4v) is 3.77. The van der Waals surface area contributed by atoms with Gasteiger partial charge in [-0.05, 0) is 43.7 Å². The zero-order valence-corrected chi connectivity index (χ0v) is 18.3. The van der Waals surface area contributed by atoms with Crippen molar-refractivity contribution in [1.82, 2.24) is 9.78 Å². The van der Waals surface area contributed by atoms with Crippen LogP contribution in [0.2, 0.25) is 0 Å². The van der Waals surface area contributed by atoms with Gasteiger partial charge < -0.3 is 20.1 Å². The van der Waals surface area contributed by atoms with Crippen molar-refractivity contribution in [3.8, 4) is 16.9 Å². The number of nitrogens with one attached hydrogen (secondary N) is 2. The average Bonchev–Trinajstić information content (AvgIpc) is 3.26. The Morgan fingerprint density at radius 3 is 2.53 bits per heavy atom. The summed E-state index contributed by atoms with van der Waals surface area (Å²) in [5, 5.41) is 10.4. The number of fused-ring (bicyclic) bond motifs is 1. The van der Waals surface area contributed by atoms with Gasteiger partial charge >= 0.3 is 0 Å². The third-order valence-corrected chi connectivity index (χ3v) is 5.27. The van der Waals surface area contributed by atoms with Crippen LogP contribution in [0.5, 0.6) is 5.75 Å². The van der Waals surface area contributed by atoms with E-state index in [4.69, 9.17) is 9.47 Å². The minimum absolute atomic E-state index is 0.0342. The molecule has 32 heavy (non-hydrogen) atoms. The van der Waals surface area contributed by atoms with Gasteiger partial charge in [-0.3, -0.25) is 9.59 Å². The van der Waals surface area contributed by atoms with E-state index in [1.165, 1.54) is 0 Å². The van der Waals surface area contributed by atoms with Crippen molar-refractivity contribution in [2.75, 3.05) is 24.4 Å². The number of hydrogen-bond donors (Lipinski definition) is 2. The maximum absolute atomic E-state index is 12.7. The quantitative estimate of drug-likeness (QED) is 0.560. The van der Waals surface area contributed by atoms with Crippen LogP contribution in [0.4, 0.5) is 11.5 Å². The van der Waals surface area contributed by atoms with E-state index in [0.29, 0.717) is 30.4 Å². The van der Waals surface area contributed by atoms with Crippen LogP contribution in [-0.4, -0.2) is 35.3 Å². The lowest BCUT2D eigenvalue weighted by Gasteiger charge is -2.11. The van der Waals surface area contributed by atoms with Gasteiger partial charge in [-0.25, -0.2) is 4.68 Å².